The largest absolute Gasteiger partial charge is 0.356 e. The van der Waals surface area contributed by atoms with Crippen molar-refractivity contribution in [2.75, 3.05) is 0 Å². The van der Waals surface area contributed by atoms with E-state index < -0.39 is 0 Å². The maximum absolute atomic E-state index is 10.4. The zero-order valence-corrected chi connectivity index (χ0v) is 8.92. The Balaban J connectivity index is 2.54. The van der Waals surface area contributed by atoms with Gasteiger partial charge in [-0.2, -0.15) is 0 Å². The van der Waals surface area contributed by atoms with Crippen LogP contribution in [0.2, 0.25) is 0 Å². The van der Waals surface area contributed by atoms with Gasteiger partial charge in [-0.1, -0.05) is 27.2 Å². The van der Waals surface area contributed by atoms with Crippen LogP contribution in [0.15, 0.2) is 0 Å². The molecular weight excluding hydrogens is 162 g/mol. The molecule has 0 saturated heterocycles. The highest BCUT2D eigenvalue weighted by Gasteiger charge is 2.29. The summed E-state index contributed by atoms with van der Waals surface area (Å²) < 4.78 is 0. The molecule has 0 unspecified atom stereocenters. The molecule has 1 fully saturated rings. The van der Waals surface area contributed by atoms with Crippen molar-refractivity contribution < 1.29 is 4.79 Å². The SMILES string of the molecule is CC(C)[C@@H]1CC[C@@H](C)C[C@H]1NC=O. The highest BCUT2D eigenvalue weighted by Crippen LogP contribution is 2.33. The minimum Gasteiger partial charge on any atom is -0.356 e. The normalized spacial score (nSPS) is 34.6. The number of nitrogens with one attached hydrogen (secondary N) is 1. The quantitative estimate of drug-likeness (QED) is 0.668. The highest BCUT2D eigenvalue weighted by molar-refractivity contribution is 5.46. The standard InChI is InChI=1S/C11H21NO/c1-8(2)10-5-4-9(3)6-11(10)12-7-13/h7-11H,4-6H2,1-3H3,(H,12,13)/t9-,10+,11-/m1/s1. The van der Waals surface area contributed by atoms with E-state index in [4.69, 9.17) is 0 Å². The van der Waals surface area contributed by atoms with Gasteiger partial charge in [0.05, 0.1) is 0 Å². The third-order valence-electron chi connectivity index (χ3n) is 3.30. The lowest BCUT2D eigenvalue weighted by atomic mass is 9.74. The molecule has 0 aliphatic heterocycles. The van der Waals surface area contributed by atoms with Gasteiger partial charge in [-0.3, -0.25) is 4.79 Å². The van der Waals surface area contributed by atoms with Crippen LogP contribution in [0.3, 0.4) is 0 Å². The van der Waals surface area contributed by atoms with Crippen LogP contribution in [0.25, 0.3) is 0 Å². The molecule has 0 spiro atoms. The zero-order valence-electron chi connectivity index (χ0n) is 8.92. The molecule has 1 N–H and O–H groups in total. The Morgan fingerprint density at radius 2 is 2.08 bits per heavy atom. The third kappa shape index (κ3) is 2.71. The van der Waals surface area contributed by atoms with Crippen molar-refractivity contribution in [2.45, 2.75) is 46.1 Å². The van der Waals surface area contributed by atoms with Gasteiger partial charge >= 0.3 is 0 Å². The Labute approximate surface area is 81.1 Å². The summed E-state index contributed by atoms with van der Waals surface area (Å²) in [6, 6.07) is 0.418. The Hall–Kier alpha value is -0.530. The topological polar surface area (TPSA) is 29.1 Å². The maximum atomic E-state index is 10.4. The van der Waals surface area contributed by atoms with E-state index >= 15 is 0 Å². The van der Waals surface area contributed by atoms with Gasteiger partial charge in [-0.25, -0.2) is 0 Å². The highest BCUT2D eigenvalue weighted by atomic mass is 16.1. The molecule has 0 radical (unpaired) electrons. The Kier molecular flexibility index (Phi) is 3.76. The molecule has 0 bridgehead atoms. The van der Waals surface area contributed by atoms with Crippen LogP contribution >= 0.6 is 0 Å². The molecule has 0 aromatic heterocycles. The van der Waals surface area contributed by atoms with E-state index in [0.717, 1.165) is 18.7 Å². The predicted molar refractivity (Wildman–Crippen MR) is 54.3 cm³/mol. The van der Waals surface area contributed by atoms with Crippen molar-refractivity contribution in [3.05, 3.63) is 0 Å². The number of hydrogen-bond acceptors (Lipinski definition) is 1. The molecule has 0 aromatic rings. The molecular formula is C11H21NO. The summed E-state index contributed by atoms with van der Waals surface area (Å²) >= 11 is 0. The summed E-state index contributed by atoms with van der Waals surface area (Å²) in [5, 5.41) is 2.97. The molecule has 76 valence electrons. The predicted octanol–water partition coefficient (Wildman–Crippen LogP) is 2.19. The molecule has 2 nitrogen and oxygen atoms in total. The molecule has 1 aliphatic carbocycles. The molecule has 1 rings (SSSR count). The van der Waals surface area contributed by atoms with Crippen molar-refractivity contribution in [3.8, 4) is 0 Å². The van der Waals surface area contributed by atoms with Gasteiger partial charge in [-0.15, -0.1) is 0 Å². The van der Waals surface area contributed by atoms with Crippen LogP contribution in [-0.4, -0.2) is 12.5 Å². The van der Waals surface area contributed by atoms with Crippen LogP contribution in [-0.2, 0) is 4.79 Å². The van der Waals surface area contributed by atoms with Crippen LogP contribution in [0.1, 0.15) is 40.0 Å². The van der Waals surface area contributed by atoms with E-state index in [9.17, 15) is 4.79 Å². The molecule has 0 heterocycles. The van der Waals surface area contributed by atoms with Crippen molar-refractivity contribution in [1.82, 2.24) is 5.32 Å². The first-order valence-electron chi connectivity index (χ1n) is 5.34. The average molecular weight is 183 g/mol. The van der Waals surface area contributed by atoms with Gasteiger partial charge in [0.15, 0.2) is 0 Å². The lowest BCUT2D eigenvalue weighted by Crippen LogP contribution is -2.42. The average Bonchev–Trinajstić information content (AvgIpc) is 2.04. The molecule has 1 aliphatic rings. The number of amides is 1. The fraction of sp³-hybridized carbons (Fsp3) is 0.909. The van der Waals surface area contributed by atoms with E-state index in [1.54, 1.807) is 0 Å². The van der Waals surface area contributed by atoms with Crippen LogP contribution in [0, 0.1) is 17.8 Å². The van der Waals surface area contributed by atoms with Crippen LogP contribution < -0.4 is 5.32 Å². The van der Waals surface area contributed by atoms with E-state index in [2.05, 4.69) is 26.1 Å². The first-order chi connectivity index (χ1) is 6.15. The van der Waals surface area contributed by atoms with Gasteiger partial charge in [0.1, 0.15) is 0 Å². The van der Waals surface area contributed by atoms with E-state index in [0.29, 0.717) is 17.9 Å². The Morgan fingerprint density at radius 3 is 2.62 bits per heavy atom. The Bertz CT molecular complexity index is 167. The van der Waals surface area contributed by atoms with E-state index in [1.807, 2.05) is 0 Å². The molecule has 1 amide bonds. The fourth-order valence-electron chi connectivity index (χ4n) is 2.48. The monoisotopic (exact) mass is 183 g/mol. The van der Waals surface area contributed by atoms with Gasteiger partial charge < -0.3 is 5.32 Å². The number of rotatable bonds is 3. The Morgan fingerprint density at radius 1 is 1.38 bits per heavy atom. The summed E-state index contributed by atoms with van der Waals surface area (Å²) in [6.45, 7) is 6.77. The zero-order chi connectivity index (χ0) is 9.84. The van der Waals surface area contributed by atoms with Crippen molar-refractivity contribution in [3.63, 3.8) is 0 Å². The first kappa shape index (κ1) is 10.6. The van der Waals surface area contributed by atoms with Crippen molar-refractivity contribution in [2.24, 2.45) is 17.8 Å². The van der Waals surface area contributed by atoms with Gasteiger partial charge in [-0.05, 0) is 30.6 Å². The second-order valence-electron chi connectivity index (χ2n) is 4.72. The van der Waals surface area contributed by atoms with Crippen molar-refractivity contribution >= 4 is 6.41 Å². The van der Waals surface area contributed by atoms with Crippen LogP contribution in [0.5, 0.6) is 0 Å². The lowest BCUT2D eigenvalue weighted by molar-refractivity contribution is -0.111. The smallest absolute Gasteiger partial charge is 0.207 e. The van der Waals surface area contributed by atoms with Crippen molar-refractivity contribution in [1.29, 1.82) is 0 Å². The molecule has 3 atom stereocenters. The maximum Gasteiger partial charge on any atom is 0.207 e. The summed E-state index contributed by atoms with van der Waals surface area (Å²) in [7, 11) is 0. The number of carbonyl (C=O) groups is 1. The second kappa shape index (κ2) is 4.64. The minimum atomic E-state index is 0.418. The summed E-state index contributed by atoms with van der Waals surface area (Å²) in [5.74, 6) is 2.14. The fourth-order valence-corrected chi connectivity index (χ4v) is 2.48. The third-order valence-corrected chi connectivity index (χ3v) is 3.30. The number of hydrogen-bond donors (Lipinski definition) is 1. The van der Waals surface area contributed by atoms with E-state index in [1.165, 1.54) is 12.8 Å². The van der Waals surface area contributed by atoms with Crippen LogP contribution in [0.4, 0.5) is 0 Å². The van der Waals surface area contributed by atoms with E-state index in [-0.39, 0.29) is 0 Å². The summed E-state index contributed by atoms with van der Waals surface area (Å²) in [5.41, 5.74) is 0. The molecule has 2 heteroatoms. The summed E-state index contributed by atoms with van der Waals surface area (Å²) in [4.78, 5) is 10.4. The summed E-state index contributed by atoms with van der Waals surface area (Å²) in [6.07, 6.45) is 4.60. The molecule has 0 aromatic carbocycles. The van der Waals surface area contributed by atoms with Gasteiger partial charge in [0, 0.05) is 6.04 Å². The molecule has 1 saturated carbocycles. The van der Waals surface area contributed by atoms with Gasteiger partial charge in [0.25, 0.3) is 0 Å². The lowest BCUT2D eigenvalue weighted by Gasteiger charge is -2.36. The minimum absolute atomic E-state index is 0.418. The van der Waals surface area contributed by atoms with Gasteiger partial charge in [0.2, 0.25) is 6.41 Å². The number of carbonyl (C=O) groups excluding carboxylic acids is 1. The second-order valence-corrected chi connectivity index (χ2v) is 4.72. The molecule has 13 heavy (non-hydrogen) atoms. The first-order valence-corrected chi connectivity index (χ1v) is 5.34.